The van der Waals surface area contributed by atoms with E-state index in [1.54, 1.807) is 0 Å². The summed E-state index contributed by atoms with van der Waals surface area (Å²) in [6.07, 6.45) is 9.63. The third-order valence-electron chi connectivity index (χ3n) is 3.39. The van der Waals surface area contributed by atoms with Crippen LogP contribution in [0.1, 0.15) is 77.6 Å². The first-order chi connectivity index (χ1) is 10.5. The summed E-state index contributed by atoms with van der Waals surface area (Å²) in [5.74, 6) is -3.11. The molecule has 0 aromatic heterocycles. The fraction of sp³-hybridized carbons (Fsp3) is 0.812. The van der Waals surface area contributed by atoms with E-state index in [0.29, 0.717) is 6.42 Å². The van der Waals surface area contributed by atoms with Crippen LogP contribution in [0.4, 0.5) is 0 Å². The number of hydrogen-bond donors (Lipinski definition) is 1. The Kier molecular flexibility index (Phi) is 17.7. The summed E-state index contributed by atoms with van der Waals surface area (Å²) in [7, 11) is 0. The van der Waals surface area contributed by atoms with Gasteiger partial charge < -0.3 is 20.4 Å². The van der Waals surface area contributed by atoms with Crippen LogP contribution in [0.15, 0.2) is 0 Å². The minimum atomic E-state index is -1.45. The normalized spacial score (nSPS) is 11.4. The molecule has 1 unspecified atom stereocenters. The molecule has 0 bridgehead atoms. The van der Waals surface area contributed by atoms with Crippen molar-refractivity contribution >= 4 is 17.9 Å². The molecule has 0 spiro atoms. The van der Waals surface area contributed by atoms with Crippen molar-refractivity contribution in [3.05, 3.63) is 0 Å². The Morgan fingerprint density at radius 1 is 0.957 bits per heavy atom. The van der Waals surface area contributed by atoms with Crippen molar-refractivity contribution in [2.45, 2.75) is 83.6 Å². The number of nitrogens with two attached hydrogens (primary N) is 1. The van der Waals surface area contributed by atoms with Crippen molar-refractivity contribution in [3.63, 3.8) is 0 Å². The van der Waals surface area contributed by atoms with E-state index < -0.39 is 30.4 Å². The molecule has 7 heteroatoms. The molecule has 2 N–H and O–H groups in total. The third kappa shape index (κ3) is 16.2. The molecular formula is C16H28NNaO5. The Morgan fingerprint density at radius 2 is 1.43 bits per heavy atom. The molecular weight excluding hydrogens is 309 g/mol. The number of carbonyl (C=O) groups excluding carboxylic acids is 3. The topological polar surface area (TPSA) is 110 Å². The summed E-state index contributed by atoms with van der Waals surface area (Å²) in [5, 5.41) is 10.3. The second-order valence-corrected chi connectivity index (χ2v) is 5.55. The zero-order chi connectivity index (χ0) is 16.8. The average molecular weight is 337 g/mol. The maximum absolute atomic E-state index is 11.4. The summed E-state index contributed by atoms with van der Waals surface area (Å²) in [6.45, 7) is 2.19. The average Bonchev–Trinajstić information content (AvgIpc) is 2.44. The SMILES string of the molecule is CCCCCCCCCCCC(=O)OC(=O)C(N)CC(=O)[O-].[Na+]. The van der Waals surface area contributed by atoms with Gasteiger partial charge in [0.25, 0.3) is 0 Å². The number of rotatable bonds is 13. The first-order valence-electron chi connectivity index (χ1n) is 8.17. The predicted octanol–water partition coefficient (Wildman–Crippen LogP) is -1.55. The number of hydrogen-bond acceptors (Lipinski definition) is 6. The summed E-state index contributed by atoms with van der Waals surface area (Å²) < 4.78 is 4.49. The molecule has 23 heavy (non-hydrogen) atoms. The molecule has 0 amide bonds. The van der Waals surface area contributed by atoms with E-state index in [9.17, 15) is 19.5 Å². The zero-order valence-electron chi connectivity index (χ0n) is 14.5. The van der Waals surface area contributed by atoms with Gasteiger partial charge in [-0.15, -0.1) is 0 Å². The summed E-state index contributed by atoms with van der Waals surface area (Å²) in [6, 6.07) is -1.35. The molecule has 6 nitrogen and oxygen atoms in total. The van der Waals surface area contributed by atoms with E-state index >= 15 is 0 Å². The van der Waals surface area contributed by atoms with Crippen LogP contribution in [0.3, 0.4) is 0 Å². The Morgan fingerprint density at radius 3 is 1.91 bits per heavy atom. The van der Waals surface area contributed by atoms with Crippen molar-refractivity contribution in [3.8, 4) is 0 Å². The molecule has 0 aromatic carbocycles. The van der Waals surface area contributed by atoms with E-state index in [4.69, 9.17) is 5.73 Å². The van der Waals surface area contributed by atoms with Crippen LogP contribution in [0.2, 0.25) is 0 Å². The second-order valence-electron chi connectivity index (χ2n) is 5.55. The molecule has 0 heterocycles. The van der Waals surface area contributed by atoms with Gasteiger partial charge in [-0.25, -0.2) is 4.79 Å². The van der Waals surface area contributed by atoms with Gasteiger partial charge in [0.15, 0.2) is 0 Å². The number of carbonyl (C=O) groups is 3. The predicted molar refractivity (Wildman–Crippen MR) is 80.5 cm³/mol. The van der Waals surface area contributed by atoms with Crippen LogP contribution in [0, 0.1) is 0 Å². The molecule has 128 valence electrons. The number of aliphatic carboxylic acids is 1. The van der Waals surface area contributed by atoms with Crippen LogP contribution in [0.25, 0.3) is 0 Å². The monoisotopic (exact) mass is 337 g/mol. The molecule has 1 atom stereocenters. The Hall–Kier alpha value is -0.430. The van der Waals surface area contributed by atoms with Crippen LogP contribution in [-0.4, -0.2) is 23.9 Å². The maximum Gasteiger partial charge on any atom is 1.00 e. The maximum atomic E-state index is 11.4. The Bertz CT molecular complexity index is 349. The van der Waals surface area contributed by atoms with E-state index in [0.717, 1.165) is 19.3 Å². The largest absolute Gasteiger partial charge is 1.00 e. The van der Waals surface area contributed by atoms with Gasteiger partial charge in [-0.05, 0) is 6.42 Å². The summed E-state index contributed by atoms with van der Waals surface area (Å²) in [4.78, 5) is 33.0. The van der Waals surface area contributed by atoms with Gasteiger partial charge in [0.1, 0.15) is 6.04 Å². The van der Waals surface area contributed by atoms with Crippen molar-refractivity contribution < 1.29 is 53.8 Å². The van der Waals surface area contributed by atoms with Gasteiger partial charge in [0.05, 0.1) is 0 Å². The molecule has 0 rings (SSSR count). The van der Waals surface area contributed by atoms with Gasteiger partial charge in [-0.2, -0.15) is 0 Å². The molecule has 0 aliphatic heterocycles. The molecule has 0 radical (unpaired) electrons. The molecule has 0 aliphatic carbocycles. The van der Waals surface area contributed by atoms with Crippen molar-refractivity contribution in [2.75, 3.05) is 0 Å². The summed E-state index contributed by atoms with van der Waals surface area (Å²) >= 11 is 0. The number of esters is 2. The van der Waals surface area contributed by atoms with E-state index in [1.165, 1.54) is 32.1 Å². The van der Waals surface area contributed by atoms with Crippen molar-refractivity contribution in [1.29, 1.82) is 0 Å². The standard InChI is InChI=1S/C16H29NO5.Na/c1-2-3-4-5-6-7-8-9-10-11-15(20)22-16(21)13(17)12-14(18)19;/h13H,2-12,17H2,1H3,(H,18,19);/q;+1/p-1. The van der Waals surface area contributed by atoms with Crippen LogP contribution in [-0.2, 0) is 19.1 Å². The number of unbranched alkanes of at least 4 members (excludes halogenated alkanes) is 8. The van der Waals surface area contributed by atoms with Crippen molar-refractivity contribution in [1.82, 2.24) is 0 Å². The van der Waals surface area contributed by atoms with Crippen LogP contribution < -0.4 is 40.4 Å². The number of carboxylic acid groups (broad SMARTS) is 1. The van der Waals surface area contributed by atoms with E-state index in [-0.39, 0.29) is 36.0 Å². The smallest absolute Gasteiger partial charge is 0.550 e. The second kappa shape index (κ2) is 16.4. The molecule has 0 saturated heterocycles. The zero-order valence-corrected chi connectivity index (χ0v) is 16.5. The van der Waals surface area contributed by atoms with E-state index in [1.807, 2.05) is 0 Å². The van der Waals surface area contributed by atoms with Gasteiger partial charge in [-0.1, -0.05) is 58.3 Å². The quantitative estimate of drug-likeness (QED) is 0.189. The van der Waals surface area contributed by atoms with E-state index in [2.05, 4.69) is 11.7 Å². The van der Waals surface area contributed by atoms with Crippen molar-refractivity contribution in [2.24, 2.45) is 5.73 Å². The Labute approximate surface area is 160 Å². The first-order valence-corrected chi connectivity index (χ1v) is 8.17. The minimum Gasteiger partial charge on any atom is -0.550 e. The fourth-order valence-corrected chi connectivity index (χ4v) is 2.08. The van der Waals surface area contributed by atoms with Crippen LogP contribution >= 0.6 is 0 Å². The van der Waals surface area contributed by atoms with Gasteiger partial charge >= 0.3 is 41.5 Å². The van der Waals surface area contributed by atoms with Gasteiger partial charge in [0, 0.05) is 18.8 Å². The van der Waals surface area contributed by atoms with Gasteiger partial charge in [0.2, 0.25) is 0 Å². The van der Waals surface area contributed by atoms with Gasteiger partial charge in [-0.3, -0.25) is 4.79 Å². The first kappa shape index (κ1) is 24.8. The summed E-state index contributed by atoms with van der Waals surface area (Å²) in [5.41, 5.74) is 5.26. The fourth-order valence-electron chi connectivity index (χ4n) is 2.08. The molecule has 0 saturated carbocycles. The number of ether oxygens (including phenoxy) is 1. The third-order valence-corrected chi connectivity index (χ3v) is 3.39. The minimum absolute atomic E-state index is 0. The van der Waals surface area contributed by atoms with Crippen LogP contribution in [0.5, 0.6) is 0 Å². The molecule has 0 fully saturated rings. The Balaban J connectivity index is 0. The number of carboxylic acids is 1. The molecule has 0 aromatic rings. The molecule has 0 aliphatic rings.